The van der Waals surface area contributed by atoms with Gasteiger partial charge in [-0.2, -0.15) is 0 Å². The van der Waals surface area contributed by atoms with E-state index in [4.69, 9.17) is 0 Å². The molecule has 8 aromatic rings. The minimum atomic E-state index is 0.634. The van der Waals surface area contributed by atoms with Crippen LogP contribution in [0.2, 0.25) is 0 Å². The van der Waals surface area contributed by atoms with E-state index in [1.54, 1.807) is 11.1 Å². The van der Waals surface area contributed by atoms with Crippen molar-refractivity contribution in [3.05, 3.63) is 181 Å². The maximum atomic E-state index is 2.52. The monoisotopic (exact) mass is 668 g/mol. The average Bonchev–Trinajstić information content (AvgIpc) is 3.71. The van der Waals surface area contributed by atoms with Crippen molar-refractivity contribution in [3.8, 4) is 27.9 Å². The third-order valence-electron chi connectivity index (χ3n) is 12.5. The Hall–Kier alpha value is -5.86. The highest BCUT2D eigenvalue weighted by atomic mass is 15.1. The van der Waals surface area contributed by atoms with E-state index in [9.17, 15) is 0 Å². The fourth-order valence-electron chi connectivity index (χ4n) is 10.5. The highest BCUT2D eigenvalue weighted by molar-refractivity contribution is 6.09. The summed E-state index contributed by atoms with van der Waals surface area (Å²) in [5.41, 5.74) is 15.5. The molecule has 3 aliphatic carbocycles. The maximum Gasteiger partial charge on any atom is 0.0541 e. The molecule has 2 saturated carbocycles. The molecule has 0 saturated heterocycles. The van der Waals surface area contributed by atoms with Gasteiger partial charge in [-0.05, 0) is 126 Å². The Kier molecular flexibility index (Phi) is 6.80. The van der Waals surface area contributed by atoms with Crippen molar-refractivity contribution in [3.63, 3.8) is 0 Å². The van der Waals surface area contributed by atoms with Gasteiger partial charge in [-0.15, -0.1) is 0 Å². The Bertz CT molecular complexity index is 2580. The molecular formula is C50H40N2. The predicted molar refractivity (Wildman–Crippen MR) is 217 cm³/mol. The zero-order valence-corrected chi connectivity index (χ0v) is 29.2. The van der Waals surface area contributed by atoms with Crippen molar-refractivity contribution in [2.24, 2.45) is 11.8 Å². The van der Waals surface area contributed by atoms with E-state index < -0.39 is 0 Å². The van der Waals surface area contributed by atoms with Crippen molar-refractivity contribution in [2.75, 3.05) is 4.90 Å². The summed E-state index contributed by atoms with van der Waals surface area (Å²) in [6.07, 6.45) is 5.42. The number of aromatic nitrogens is 1. The van der Waals surface area contributed by atoms with Crippen molar-refractivity contribution >= 4 is 38.9 Å². The molecule has 0 aliphatic heterocycles. The van der Waals surface area contributed by atoms with E-state index in [2.05, 4.69) is 179 Å². The minimum absolute atomic E-state index is 0.634. The smallest absolute Gasteiger partial charge is 0.0541 e. The molecule has 0 N–H and O–H groups in total. The lowest BCUT2D eigenvalue weighted by atomic mass is 9.71. The van der Waals surface area contributed by atoms with Crippen LogP contribution in [0.4, 0.5) is 17.1 Å². The summed E-state index contributed by atoms with van der Waals surface area (Å²) in [5, 5.41) is 2.55. The third-order valence-corrected chi connectivity index (χ3v) is 12.5. The minimum Gasteiger partial charge on any atom is -0.310 e. The van der Waals surface area contributed by atoms with Gasteiger partial charge in [0.15, 0.2) is 0 Å². The fourth-order valence-corrected chi connectivity index (χ4v) is 10.5. The number of benzene rings is 7. The fraction of sp³-hybridized carbons (Fsp3) is 0.160. The standard InChI is InChI=1S/C50H40N2/c1-2-13-34(14-3-1)41-17-6-9-22-48(41)51(37-15-12-16-38(31-37)52-49-23-10-7-20-44(49)45-21-8-11-24-50(45)52)39-25-26-40-35-27-33-28-36(30-35)46(29-33)42-18-4-5-19-43(42)47(40)32-39/h1-26,31-33,35-36,46H,27-30H2. The zero-order valence-electron chi connectivity index (χ0n) is 29.2. The molecule has 2 fully saturated rings. The van der Waals surface area contributed by atoms with Crippen LogP contribution in [0, 0.1) is 11.8 Å². The molecule has 4 atom stereocenters. The Morgan fingerprint density at radius 3 is 1.98 bits per heavy atom. The first kappa shape index (κ1) is 29.8. The Labute approximate surface area is 305 Å². The Morgan fingerprint density at radius 2 is 1.15 bits per heavy atom. The van der Waals surface area contributed by atoms with Gasteiger partial charge in [0.1, 0.15) is 0 Å². The van der Waals surface area contributed by atoms with Crippen molar-refractivity contribution in [1.82, 2.24) is 4.57 Å². The van der Waals surface area contributed by atoms with Crippen LogP contribution in [0.25, 0.3) is 49.7 Å². The molecule has 1 aromatic heterocycles. The molecule has 0 spiro atoms. The number of nitrogens with zero attached hydrogens (tertiary/aromatic N) is 2. The molecule has 0 amide bonds. The van der Waals surface area contributed by atoms with E-state index >= 15 is 0 Å². The normalized spacial score (nSPS) is 20.0. The van der Waals surface area contributed by atoms with Crippen LogP contribution < -0.4 is 4.90 Å². The average molecular weight is 669 g/mol. The molecule has 250 valence electrons. The number of para-hydroxylation sites is 3. The molecule has 7 aromatic carbocycles. The van der Waals surface area contributed by atoms with Gasteiger partial charge >= 0.3 is 0 Å². The summed E-state index contributed by atoms with van der Waals surface area (Å²) < 4.78 is 2.43. The number of hydrogen-bond acceptors (Lipinski definition) is 1. The van der Waals surface area contributed by atoms with Crippen LogP contribution >= 0.6 is 0 Å². The lowest BCUT2D eigenvalue weighted by molar-refractivity contribution is 0.311. The molecule has 11 rings (SSSR count). The van der Waals surface area contributed by atoms with Gasteiger partial charge in [0.25, 0.3) is 0 Å². The Balaban J connectivity index is 1.15. The van der Waals surface area contributed by atoms with Crippen LogP contribution in [-0.2, 0) is 0 Å². The topological polar surface area (TPSA) is 8.17 Å². The summed E-state index contributed by atoms with van der Waals surface area (Å²) in [7, 11) is 0. The van der Waals surface area contributed by atoms with Crippen LogP contribution in [-0.4, -0.2) is 4.57 Å². The predicted octanol–water partition coefficient (Wildman–Crippen LogP) is 13.6. The molecule has 1 heterocycles. The van der Waals surface area contributed by atoms with E-state index in [1.165, 1.54) is 81.1 Å². The van der Waals surface area contributed by atoms with Gasteiger partial charge in [0, 0.05) is 33.4 Å². The number of hydrogen-bond donors (Lipinski definition) is 0. The summed E-state index contributed by atoms with van der Waals surface area (Å²) >= 11 is 0. The van der Waals surface area contributed by atoms with Gasteiger partial charge < -0.3 is 9.47 Å². The van der Waals surface area contributed by atoms with Gasteiger partial charge in [0.2, 0.25) is 0 Å². The third kappa shape index (κ3) is 4.63. The number of fused-ring (bicyclic) bond motifs is 10. The van der Waals surface area contributed by atoms with Gasteiger partial charge in [-0.3, -0.25) is 0 Å². The summed E-state index contributed by atoms with van der Waals surface area (Å²) in [6.45, 7) is 0. The highest BCUT2D eigenvalue weighted by Crippen LogP contribution is 2.59. The van der Waals surface area contributed by atoms with Gasteiger partial charge in [-0.25, -0.2) is 0 Å². The first-order chi connectivity index (χ1) is 25.8. The lowest BCUT2D eigenvalue weighted by Crippen LogP contribution is -2.19. The van der Waals surface area contributed by atoms with E-state index in [0.717, 1.165) is 23.2 Å². The first-order valence-electron chi connectivity index (χ1n) is 19.0. The molecule has 3 bridgehead atoms. The van der Waals surface area contributed by atoms with Crippen LogP contribution in [0.15, 0.2) is 170 Å². The summed E-state index contributed by atoms with van der Waals surface area (Å²) in [4.78, 5) is 2.50. The van der Waals surface area contributed by atoms with Crippen LogP contribution in [0.3, 0.4) is 0 Å². The quantitative estimate of drug-likeness (QED) is 0.177. The van der Waals surface area contributed by atoms with E-state index in [0.29, 0.717) is 11.8 Å². The SMILES string of the molecule is c1ccc(-c2ccccc2N(c2cccc(-n3c4ccccc4c4ccccc43)c2)c2ccc3c(c2)-c2ccccc2C2CC4CC3CC2C4)cc1. The summed E-state index contributed by atoms with van der Waals surface area (Å²) in [6, 6.07) is 63.3. The van der Waals surface area contributed by atoms with Crippen LogP contribution in [0.1, 0.15) is 48.6 Å². The molecule has 2 heteroatoms. The second-order valence-electron chi connectivity index (χ2n) is 15.3. The highest BCUT2D eigenvalue weighted by Gasteiger charge is 2.44. The zero-order chi connectivity index (χ0) is 34.2. The second kappa shape index (κ2) is 11.9. The number of rotatable bonds is 5. The van der Waals surface area contributed by atoms with Gasteiger partial charge in [0.05, 0.1) is 16.7 Å². The maximum absolute atomic E-state index is 2.52. The molecule has 52 heavy (non-hydrogen) atoms. The largest absolute Gasteiger partial charge is 0.310 e. The first-order valence-corrected chi connectivity index (χ1v) is 19.0. The molecular weight excluding hydrogens is 629 g/mol. The molecule has 4 unspecified atom stereocenters. The second-order valence-corrected chi connectivity index (χ2v) is 15.3. The molecule has 2 nitrogen and oxygen atoms in total. The van der Waals surface area contributed by atoms with E-state index in [-0.39, 0.29) is 0 Å². The lowest BCUT2D eigenvalue weighted by Gasteiger charge is -2.35. The molecule has 0 radical (unpaired) electrons. The number of anilines is 3. The summed E-state index contributed by atoms with van der Waals surface area (Å²) in [5.74, 6) is 2.98. The van der Waals surface area contributed by atoms with Crippen LogP contribution in [0.5, 0.6) is 0 Å². The molecule has 3 aliphatic rings. The Morgan fingerprint density at radius 1 is 0.462 bits per heavy atom. The van der Waals surface area contributed by atoms with Crippen molar-refractivity contribution < 1.29 is 0 Å². The van der Waals surface area contributed by atoms with Crippen molar-refractivity contribution in [2.45, 2.75) is 37.5 Å². The van der Waals surface area contributed by atoms with Gasteiger partial charge in [-0.1, -0.05) is 121 Å². The van der Waals surface area contributed by atoms with E-state index in [1.807, 2.05) is 0 Å². The van der Waals surface area contributed by atoms with Crippen molar-refractivity contribution in [1.29, 1.82) is 0 Å².